The molecule has 0 saturated heterocycles. The Morgan fingerprint density at radius 3 is 0.700 bits per heavy atom. The molecule has 0 unspecified atom stereocenters. The molecule has 0 bridgehead atoms. The van der Waals surface area contributed by atoms with Gasteiger partial charge < -0.3 is 14.2 Å². The second-order valence-electron chi connectivity index (χ2n) is 22.5. The third kappa shape index (κ3) is 57.3. The van der Waals surface area contributed by atoms with Crippen LogP contribution in [-0.2, 0) is 28.6 Å². The predicted octanol–water partition coefficient (Wildman–Crippen LogP) is 21.4. The predicted molar refractivity (Wildman–Crippen MR) is 303 cm³/mol. The Hall–Kier alpha value is -1.59. The van der Waals surface area contributed by atoms with Gasteiger partial charge in [0.25, 0.3) is 0 Å². The van der Waals surface area contributed by atoms with Crippen LogP contribution in [0, 0.1) is 5.92 Å². The quantitative estimate of drug-likeness (QED) is 0.0343. The minimum atomic E-state index is -0.762. The van der Waals surface area contributed by atoms with Crippen molar-refractivity contribution in [3.05, 3.63) is 0 Å². The number of esters is 3. The van der Waals surface area contributed by atoms with Crippen LogP contribution in [0.3, 0.4) is 0 Å². The Kier molecular flexibility index (Phi) is 57.0. The fraction of sp³-hybridized carbons (Fsp3) is 0.953. The van der Waals surface area contributed by atoms with Gasteiger partial charge in [0.15, 0.2) is 6.10 Å². The first-order chi connectivity index (χ1) is 34.4. The maximum absolute atomic E-state index is 12.9. The van der Waals surface area contributed by atoms with Gasteiger partial charge in [-0.25, -0.2) is 0 Å². The molecule has 0 radical (unpaired) electrons. The maximum atomic E-state index is 12.9. The molecule has 0 heterocycles. The smallest absolute Gasteiger partial charge is 0.306 e. The van der Waals surface area contributed by atoms with E-state index >= 15 is 0 Å². The van der Waals surface area contributed by atoms with Crippen LogP contribution in [0.5, 0.6) is 0 Å². The molecule has 0 aliphatic carbocycles. The molecule has 0 saturated carbocycles. The minimum absolute atomic E-state index is 0.0611. The highest BCUT2D eigenvalue weighted by atomic mass is 16.6. The summed E-state index contributed by atoms with van der Waals surface area (Å²) in [5.41, 5.74) is 0. The zero-order valence-corrected chi connectivity index (χ0v) is 48.0. The number of ether oxygens (including phenoxy) is 3. The monoisotopic (exact) mass is 989 g/mol. The lowest BCUT2D eigenvalue weighted by Crippen LogP contribution is -2.30. The molecule has 0 amide bonds. The van der Waals surface area contributed by atoms with Gasteiger partial charge in [-0.15, -0.1) is 0 Å². The largest absolute Gasteiger partial charge is 0.462 e. The van der Waals surface area contributed by atoms with Crippen molar-refractivity contribution in [2.45, 2.75) is 374 Å². The molecule has 416 valence electrons. The van der Waals surface area contributed by atoms with Crippen molar-refractivity contribution in [3.63, 3.8) is 0 Å². The minimum Gasteiger partial charge on any atom is -0.462 e. The number of hydrogen-bond donors (Lipinski definition) is 0. The van der Waals surface area contributed by atoms with E-state index in [4.69, 9.17) is 14.2 Å². The molecular formula is C64H124O6. The van der Waals surface area contributed by atoms with Crippen molar-refractivity contribution in [1.29, 1.82) is 0 Å². The Morgan fingerprint density at radius 1 is 0.271 bits per heavy atom. The van der Waals surface area contributed by atoms with E-state index in [1.807, 2.05) is 0 Å². The van der Waals surface area contributed by atoms with Crippen molar-refractivity contribution < 1.29 is 28.6 Å². The summed E-state index contributed by atoms with van der Waals surface area (Å²) in [5.74, 6) is 0.0313. The van der Waals surface area contributed by atoms with Crippen LogP contribution in [-0.4, -0.2) is 37.2 Å². The molecule has 0 aromatic heterocycles. The Bertz CT molecular complexity index is 1060. The third-order valence-corrected chi connectivity index (χ3v) is 14.8. The van der Waals surface area contributed by atoms with Crippen LogP contribution < -0.4 is 0 Å². The van der Waals surface area contributed by atoms with Gasteiger partial charge in [0, 0.05) is 19.3 Å². The number of carbonyl (C=O) groups excluding carboxylic acids is 3. The summed E-state index contributed by atoms with van der Waals surface area (Å²) in [6.45, 7) is 9.10. The molecule has 0 aliphatic rings. The van der Waals surface area contributed by atoms with Gasteiger partial charge in [0.2, 0.25) is 0 Å². The Morgan fingerprint density at radius 2 is 0.471 bits per heavy atom. The number of unbranched alkanes of at least 4 members (excludes halogenated alkanes) is 46. The molecule has 0 N–H and O–H groups in total. The highest BCUT2D eigenvalue weighted by Crippen LogP contribution is 2.19. The molecule has 0 aliphatic heterocycles. The van der Waals surface area contributed by atoms with E-state index in [2.05, 4.69) is 27.7 Å². The van der Waals surface area contributed by atoms with Gasteiger partial charge in [0.1, 0.15) is 13.2 Å². The van der Waals surface area contributed by atoms with E-state index in [9.17, 15) is 14.4 Å². The molecule has 1 atom stereocenters. The Balaban J connectivity index is 4.24. The second kappa shape index (κ2) is 58.3. The molecule has 0 rings (SSSR count). The van der Waals surface area contributed by atoms with E-state index in [1.54, 1.807) is 0 Å². The van der Waals surface area contributed by atoms with Crippen molar-refractivity contribution in [2.24, 2.45) is 5.92 Å². The molecule has 0 aromatic carbocycles. The van der Waals surface area contributed by atoms with Gasteiger partial charge in [0.05, 0.1) is 0 Å². The highest BCUT2D eigenvalue weighted by Gasteiger charge is 2.19. The lowest BCUT2D eigenvalue weighted by molar-refractivity contribution is -0.167. The zero-order chi connectivity index (χ0) is 50.9. The Labute approximate surface area is 438 Å². The average molecular weight is 990 g/mol. The number of hydrogen-bond acceptors (Lipinski definition) is 6. The van der Waals surface area contributed by atoms with Crippen LogP contribution in [0.1, 0.15) is 368 Å². The van der Waals surface area contributed by atoms with Gasteiger partial charge in [-0.1, -0.05) is 329 Å². The average Bonchev–Trinajstić information content (AvgIpc) is 3.35. The van der Waals surface area contributed by atoms with Crippen molar-refractivity contribution in [2.75, 3.05) is 13.2 Å². The second-order valence-corrected chi connectivity index (χ2v) is 22.5. The molecule has 6 nitrogen and oxygen atoms in total. The first-order valence-corrected chi connectivity index (χ1v) is 31.9. The summed E-state index contributed by atoms with van der Waals surface area (Å²) in [4.78, 5) is 38.3. The summed E-state index contributed by atoms with van der Waals surface area (Å²) in [5, 5.41) is 0. The first kappa shape index (κ1) is 68.4. The first-order valence-electron chi connectivity index (χ1n) is 31.9. The van der Waals surface area contributed by atoms with E-state index in [0.717, 1.165) is 63.7 Å². The molecule has 70 heavy (non-hydrogen) atoms. The van der Waals surface area contributed by atoms with Crippen molar-refractivity contribution in [1.82, 2.24) is 0 Å². The molecular weight excluding hydrogens is 865 g/mol. The summed E-state index contributed by atoms with van der Waals surface area (Å²) in [7, 11) is 0. The fourth-order valence-corrected chi connectivity index (χ4v) is 9.99. The lowest BCUT2D eigenvalue weighted by atomic mass is 10.0. The fourth-order valence-electron chi connectivity index (χ4n) is 9.99. The lowest BCUT2D eigenvalue weighted by Gasteiger charge is -2.18. The van der Waals surface area contributed by atoms with Gasteiger partial charge in [-0.2, -0.15) is 0 Å². The van der Waals surface area contributed by atoms with Crippen molar-refractivity contribution in [3.8, 4) is 0 Å². The zero-order valence-electron chi connectivity index (χ0n) is 48.0. The standard InChI is InChI=1S/C64H124O6/c1-5-7-9-11-13-15-17-19-20-21-25-29-33-37-41-45-49-53-57-64(67)70-61(58-68-62(65)55-51-47-43-39-35-30-18-16-14-12-10-8-6-2)59-69-63(66)56-52-48-44-40-36-32-28-26-23-22-24-27-31-34-38-42-46-50-54-60(3)4/h60-61H,5-59H2,1-4H3/t61-/m0/s1. The summed E-state index contributed by atoms with van der Waals surface area (Å²) >= 11 is 0. The van der Waals surface area contributed by atoms with E-state index in [-0.39, 0.29) is 31.1 Å². The third-order valence-electron chi connectivity index (χ3n) is 14.8. The van der Waals surface area contributed by atoms with Gasteiger partial charge >= 0.3 is 17.9 Å². The summed E-state index contributed by atoms with van der Waals surface area (Å²) in [6.07, 6.45) is 65.3. The van der Waals surface area contributed by atoms with E-state index < -0.39 is 6.10 Å². The van der Waals surface area contributed by atoms with Crippen LogP contribution in [0.4, 0.5) is 0 Å². The summed E-state index contributed by atoms with van der Waals surface area (Å²) < 4.78 is 16.9. The molecule has 0 spiro atoms. The molecule has 0 fully saturated rings. The molecule has 6 heteroatoms. The van der Waals surface area contributed by atoms with E-state index in [1.165, 1.54) is 263 Å². The van der Waals surface area contributed by atoms with Gasteiger partial charge in [-0.3, -0.25) is 14.4 Å². The van der Waals surface area contributed by atoms with Crippen LogP contribution in [0.25, 0.3) is 0 Å². The van der Waals surface area contributed by atoms with Crippen LogP contribution in [0.15, 0.2) is 0 Å². The normalized spacial score (nSPS) is 12.0. The topological polar surface area (TPSA) is 78.9 Å². The summed E-state index contributed by atoms with van der Waals surface area (Å²) in [6, 6.07) is 0. The van der Waals surface area contributed by atoms with Crippen LogP contribution in [0.2, 0.25) is 0 Å². The SMILES string of the molecule is CCCCCCCCCCCCCCCCCCCCC(=O)O[C@@H](COC(=O)CCCCCCCCCCCCCCC)COC(=O)CCCCCCCCCCCCCCCCCCCCC(C)C. The highest BCUT2D eigenvalue weighted by molar-refractivity contribution is 5.71. The number of carbonyl (C=O) groups is 3. The number of rotatable bonds is 59. The van der Waals surface area contributed by atoms with E-state index in [0.29, 0.717) is 19.3 Å². The van der Waals surface area contributed by atoms with Crippen molar-refractivity contribution >= 4 is 17.9 Å². The molecule has 0 aromatic rings. The van der Waals surface area contributed by atoms with Gasteiger partial charge in [-0.05, 0) is 25.2 Å². The van der Waals surface area contributed by atoms with Crippen LogP contribution >= 0.6 is 0 Å². The maximum Gasteiger partial charge on any atom is 0.306 e.